The summed E-state index contributed by atoms with van der Waals surface area (Å²) in [6, 6.07) is 2.70. The van der Waals surface area contributed by atoms with Crippen molar-refractivity contribution >= 4 is 17.6 Å². The first-order valence-electron chi connectivity index (χ1n) is 6.97. The Bertz CT molecular complexity index is 749. The van der Waals surface area contributed by atoms with Crippen LogP contribution in [0.5, 0.6) is 0 Å². The minimum Gasteiger partial charge on any atom is -0.462 e. The van der Waals surface area contributed by atoms with Crippen molar-refractivity contribution in [1.29, 1.82) is 0 Å². The third-order valence-corrected chi connectivity index (χ3v) is 3.26. The predicted molar refractivity (Wildman–Crippen MR) is 80.5 cm³/mol. The lowest BCUT2D eigenvalue weighted by Crippen LogP contribution is -2.14. The molecule has 0 fully saturated rings. The van der Waals surface area contributed by atoms with Crippen LogP contribution in [0.4, 0.5) is 14.5 Å². The van der Waals surface area contributed by atoms with Crippen molar-refractivity contribution in [1.82, 2.24) is 4.98 Å². The second kappa shape index (κ2) is 6.60. The summed E-state index contributed by atoms with van der Waals surface area (Å²) in [6.45, 7) is 5.13. The quantitative estimate of drug-likeness (QED) is 0.848. The number of amides is 1. The van der Waals surface area contributed by atoms with Crippen molar-refractivity contribution in [2.24, 2.45) is 0 Å². The normalized spacial score (nSPS) is 10.5. The predicted octanol–water partition coefficient (Wildman–Crippen LogP) is 3.34. The lowest BCUT2D eigenvalue weighted by Gasteiger charge is -2.06. The minimum atomic E-state index is -0.799. The first-order chi connectivity index (χ1) is 10.8. The zero-order chi connectivity index (χ0) is 17.1. The van der Waals surface area contributed by atoms with Crippen LogP contribution in [0.25, 0.3) is 0 Å². The molecule has 1 heterocycles. The molecule has 0 saturated heterocycles. The molecule has 0 atom stereocenters. The van der Waals surface area contributed by atoms with Gasteiger partial charge in [-0.1, -0.05) is 0 Å². The van der Waals surface area contributed by atoms with E-state index in [9.17, 15) is 18.4 Å². The number of carbonyl (C=O) groups excluding carboxylic acids is 2. The van der Waals surface area contributed by atoms with Crippen LogP contribution in [0.1, 0.15) is 39.0 Å². The molecule has 7 heteroatoms. The third-order valence-electron chi connectivity index (χ3n) is 3.26. The van der Waals surface area contributed by atoms with Crippen LogP contribution in [0.2, 0.25) is 0 Å². The molecule has 0 aliphatic carbocycles. The fraction of sp³-hybridized carbons (Fsp3) is 0.250. The average molecular weight is 322 g/mol. The molecule has 0 unspecified atom stereocenters. The molecular formula is C16H16F2N2O3. The Morgan fingerprint density at radius 1 is 1.17 bits per heavy atom. The van der Waals surface area contributed by atoms with Crippen LogP contribution in [0, 0.1) is 25.5 Å². The van der Waals surface area contributed by atoms with Gasteiger partial charge in [-0.05, 0) is 38.5 Å². The number of halogens is 2. The summed E-state index contributed by atoms with van der Waals surface area (Å²) in [5.74, 6) is -2.74. The van der Waals surface area contributed by atoms with E-state index in [-0.39, 0.29) is 23.6 Å². The topological polar surface area (TPSA) is 71.2 Å². The van der Waals surface area contributed by atoms with Gasteiger partial charge in [0.15, 0.2) is 0 Å². The van der Waals surface area contributed by atoms with Gasteiger partial charge in [0.2, 0.25) is 0 Å². The molecule has 2 N–H and O–H groups in total. The summed E-state index contributed by atoms with van der Waals surface area (Å²) < 4.78 is 31.3. The van der Waals surface area contributed by atoms with Crippen molar-refractivity contribution < 1.29 is 23.1 Å². The van der Waals surface area contributed by atoms with Gasteiger partial charge in [-0.3, -0.25) is 4.79 Å². The number of benzene rings is 1. The van der Waals surface area contributed by atoms with E-state index < -0.39 is 23.5 Å². The zero-order valence-electron chi connectivity index (χ0n) is 12.9. The van der Waals surface area contributed by atoms with Crippen molar-refractivity contribution in [2.45, 2.75) is 20.8 Å². The average Bonchev–Trinajstić information content (AvgIpc) is 2.73. The van der Waals surface area contributed by atoms with Gasteiger partial charge in [0.05, 0.1) is 12.2 Å². The summed E-state index contributed by atoms with van der Waals surface area (Å²) in [7, 11) is 0. The first-order valence-corrected chi connectivity index (χ1v) is 6.97. The van der Waals surface area contributed by atoms with Crippen molar-refractivity contribution in [3.63, 3.8) is 0 Å². The van der Waals surface area contributed by atoms with E-state index in [0.29, 0.717) is 17.3 Å². The molecule has 0 aliphatic rings. The van der Waals surface area contributed by atoms with Crippen LogP contribution < -0.4 is 5.32 Å². The number of aromatic nitrogens is 1. The number of hydrogen-bond acceptors (Lipinski definition) is 3. The highest BCUT2D eigenvalue weighted by molar-refractivity contribution is 6.06. The van der Waals surface area contributed by atoms with Gasteiger partial charge < -0.3 is 15.0 Å². The van der Waals surface area contributed by atoms with E-state index in [0.717, 1.165) is 12.1 Å². The fourth-order valence-electron chi connectivity index (χ4n) is 2.31. The van der Waals surface area contributed by atoms with E-state index in [1.54, 1.807) is 20.8 Å². The smallest absolute Gasteiger partial charge is 0.340 e. The summed E-state index contributed by atoms with van der Waals surface area (Å²) in [5.41, 5.74) is 1.29. The first kappa shape index (κ1) is 16.7. The van der Waals surface area contributed by atoms with E-state index >= 15 is 0 Å². The maximum Gasteiger partial charge on any atom is 0.340 e. The number of aryl methyl sites for hydroxylation is 1. The summed E-state index contributed by atoms with van der Waals surface area (Å²) >= 11 is 0. The molecule has 2 aromatic rings. The van der Waals surface area contributed by atoms with Crippen molar-refractivity contribution in [3.05, 3.63) is 52.3 Å². The Kier molecular flexibility index (Phi) is 4.78. The number of hydrogen-bond donors (Lipinski definition) is 2. The standard InChI is InChI=1S/C16H16F2N2O3/c1-4-23-16(22)13-8(2)14(19-9(13)3)15(21)20-12-6-10(17)5-11(18)7-12/h5-7,19H,4H2,1-3H3,(H,20,21). The van der Waals surface area contributed by atoms with Crippen LogP contribution in [0.3, 0.4) is 0 Å². The zero-order valence-corrected chi connectivity index (χ0v) is 12.9. The number of anilines is 1. The number of esters is 1. The van der Waals surface area contributed by atoms with Crippen molar-refractivity contribution in [3.8, 4) is 0 Å². The minimum absolute atomic E-state index is 0.0168. The number of ether oxygens (including phenoxy) is 1. The van der Waals surface area contributed by atoms with Gasteiger partial charge in [-0.2, -0.15) is 0 Å². The van der Waals surface area contributed by atoms with E-state index in [1.165, 1.54) is 0 Å². The van der Waals surface area contributed by atoms with Crippen molar-refractivity contribution in [2.75, 3.05) is 11.9 Å². The molecule has 0 radical (unpaired) electrons. The molecule has 0 bridgehead atoms. The fourth-order valence-corrected chi connectivity index (χ4v) is 2.31. The van der Waals surface area contributed by atoms with Gasteiger partial charge in [0, 0.05) is 17.4 Å². The molecule has 1 amide bonds. The lowest BCUT2D eigenvalue weighted by molar-refractivity contribution is 0.0525. The van der Waals surface area contributed by atoms with E-state index in [4.69, 9.17) is 4.74 Å². The number of aromatic amines is 1. The molecule has 2 rings (SSSR count). The van der Waals surface area contributed by atoms with E-state index in [2.05, 4.69) is 10.3 Å². The Balaban J connectivity index is 2.30. The molecule has 0 saturated carbocycles. The maximum atomic E-state index is 13.2. The van der Waals surface area contributed by atoms with Gasteiger partial charge in [0.1, 0.15) is 17.3 Å². The Morgan fingerprint density at radius 2 is 1.78 bits per heavy atom. The highest BCUT2D eigenvalue weighted by atomic mass is 19.1. The van der Waals surface area contributed by atoms with Gasteiger partial charge in [0.25, 0.3) is 5.91 Å². The molecule has 23 heavy (non-hydrogen) atoms. The SMILES string of the molecule is CCOC(=O)c1c(C)[nH]c(C(=O)Nc2cc(F)cc(F)c2)c1C. The molecule has 0 aliphatic heterocycles. The summed E-state index contributed by atoms with van der Waals surface area (Å²) in [4.78, 5) is 27.0. The number of nitrogens with one attached hydrogen (secondary N) is 2. The molecule has 1 aromatic carbocycles. The molecule has 1 aromatic heterocycles. The van der Waals surface area contributed by atoms with Crippen LogP contribution in [-0.4, -0.2) is 23.5 Å². The molecule has 0 spiro atoms. The highest BCUT2D eigenvalue weighted by Gasteiger charge is 2.23. The van der Waals surface area contributed by atoms with Crippen LogP contribution >= 0.6 is 0 Å². The Hall–Kier alpha value is -2.70. The monoisotopic (exact) mass is 322 g/mol. The van der Waals surface area contributed by atoms with Gasteiger partial charge in [-0.25, -0.2) is 13.6 Å². The number of rotatable bonds is 4. The largest absolute Gasteiger partial charge is 0.462 e. The molecule has 5 nitrogen and oxygen atoms in total. The number of H-pyrrole nitrogens is 1. The van der Waals surface area contributed by atoms with Gasteiger partial charge >= 0.3 is 5.97 Å². The van der Waals surface area contributed by atoms with Crippen LogP contribution in [0.15, 0.2) is 18.2 Å². The Morgan fingerprint density at radius 3 is 2.35 bits per heavy atom. The maximum absolute atomic E-state index is 13.2. The summed E-state index contributed by atoms with van der Waals surface area (Å²) in [6.07, 6.45) is 0. The Labute approximate surface area is 131 Å². The highest BCUT2D eigenvalue weighted by Crippen LogP contribution is 2.21. The number of carbonyl (C=O) groups is 2. The second-order valence-electron chi connectivity index (χ2n) is 4.96. The van der Waals surface area contributed by atoms with Crippen LogP contribution in [-0.2, 0) is 4.74 Å². The lowest BCUT2D eigenvalue weighted by atomic mass is 10.1. The van der Waals surface area contributed by atoms with E-state index in [1.807, 2.05) is 0 Å². The molecular weight excluding hydrogens is 306 g/mol. The third kappa shape index (κ3) is 3.56. The summed E-state index contributed by atoms with van der Waals surface area (Å²) in [5, 5.41) is 2.39. The second-order valence-corrected chi connectivity index (χ2v) is 4.96. The molecule has 122 valence electrons. The van der Waals surface area contributed by atoms with Gasteiger partial charge in [-0.15, -0.1) is 0 Å².